The van der Waals surface area contributed by atoms with E-state index in [2.05, 4.69) is 17.6 Å². The zero-order valence-electron chi connectivity index (χ0n) is 11.6. The van der Waals surface area contributed by atoms with Crippen molar-refractivity contribution in [3.63, 3.8) is 0 Å². The molecule has 1 amide bonds. The molecule has 1 fully saturated rings. The molecular weight excluding hydrogens is 295 g/mol. The lowest BCUT2D eigenvalue weighted by Gasteiger charge is -2.34. The molecule has 0 saturated carbocycles. The Morgan fingerprint density at radius 2 is 2.00 bits per heavy atom. The van der Waals surface area contributed by atoms with Crippen LogP contribution >= 0.6 is 23.2 Å². The third kappa shape index (κ3) is 4.37. The van der Waals surface area contributed by atoms with Crippen molar-refractivity contribution in [1.29, 1.82) is 0 Å². The first kappa shape index (κ1) is 15.6. The highest BCUT2D eigenvalue weighted by atomic mass is 35.5. The lowest BCUT2D eigenvalue weighted by Crippen LogP contribution is -2.43. The van der Waals surface area contributed by atoms with Gasteiger partial charge in [-0.05, 0) is 49.0 Å². The van der Waals surface area contributed by atoms with Gasteiger partial charge in [-0.15, -0.1) is 0 Å². The summed E-state index contributed by atoms with van der Waals surface area (Å²) in [7, 11) is 0. The van der Waals surface area contributed by atoms with E-state index in [0.29, 0.717) is 16.5 Å². The predicted octanol–water partition coefficient (Wildman–Crippen LogP) is 3.04. The number of piperidine rings is 1. The van der Waals surface area contributed by atoms with Crippen LogP contribution < -0.4 is 10.6 Å². The normalized spacial score (nSPS) is 17.8. The van der Waals surface area contributed by atoms with E-state index in [0.717, 1.165) is 38.0 Å². The van der Waals surface area contributed by atoms with Gasteiger partial charge in [-0.25, -0.2) is 0 Å². The molecule has 1 aliphatic heterocycles. The predicted molar refractivity (Wildman–Crippen MR) is 83.4 cm³/mol. The topological polar surface area (TPSA) is 41.1 Å². The minimum atomic E-state index is 0.0307. The van der Waals surface area contributed by atoms with Gasteiger partial charge in [-0.3, -0.25) is 4.79 Å². The summed E-state index contributed by atoms with van der Waals surface area (Å²) in [5, 5.41) is 7.37. The Morgan fingerprint density at radius 1 is 1.30 bits per heavy atom. The summed E-state index contributed by atoms with van der Waals surface area (Å²) in [6.45, 7) is 5.01. The van der Waals surface area contributed by atoms with Gasteiger partial charge in [0.15, 0.2) is 0 Å². The lowest BCUT2D eigenvalue weighted by molar-refractivity contribution is -0.121. The molecule has 1 saturated heterocycles. The van der Waals surface area contributed by atoms with Crippen LogP contribution in [0.3, 0.4) is 0 Å². The minimum Gasteiger partial charge on any atom is -0.355 e. The molecule has 2 N–H and O–H groups in total. The number of halogens is 2. The fourth-order valence-corrected chi connectivity index (χ4v) is 2.74. The smallest absolute Gasteiger partial charge is 0.224 e. The standard InChI is InChI=1S/C15H20Cl2N2O/c1-15(4-6-18-7-5-15)10-19-14(20)9-11-2-3-12(16)13(17)8-11/h2-3,8,18H,4-7,9-10H2,1H3,(H,19,20). The highest BCUT2D eigenvalue weighted by Gasteiger charge is 2.26. The van der Waals surface area contributed by atoms with Crippen LogP contribution in [0.25, 0.3) is 0 Å². The van der Waals surface area contributed by atoms with Crippen molar-refractivity contribution in [3.8, 4) is 0 Å². The maximum atomic E-state index is 12.0. The zero-order chi connectivity index (χ0) is 14.6. The molecule has 0 atom stereocenters. The average Bonchev–Trinajstić information content (AvgIpc) is 2.42. The van der Waals surface area contributed by atoms with Gasteiger partial charge in [-0.1, -0.05) is 36.2 Å². The van der Waals surface area contributed by atoms with E-state index in [1.54, 1.807) is 12.1 Å². The Morgan fingerprint density at radius 3 is 2.65 bits per heavy atom. The quantitative estimate of drug-likeness (QED) is 0.897. The molecule has 1 aromatic carbocycles. The number of nitrogens with one attached hydrogen (secondary N) is 2. The summed E-state index contributed by atoms with van der Waals surface area (Å²) < 4.78 is 0. The number of hydrogen-bond acceptors (Lipinski definition) is 2. The highest BCUT2D eigenvalue weighted by molar-refractivity contribution is 6.42. The third-order valence-electron chi connectivity index (χ3n) is 3.87. The van der Waals surface area contributed by atoms with E-state index < -0.39 is 0 Å². The first-order valence-corrected chi connectivity index (χ1v) is 7.65. The first-order chi connectivity index (χ1) is 9.48. The van der Waals surface area contributed by atoms with Gasteiger partial charge >= 0.3 is 0 Å². The molecule has 0 bridgehead atoms. The molecule has 0 aromatic heterocycles. The summed E-state index contributed by atoms with van der Waals surface area (Å²) in [6.07, 6.45) is 2.53. The van der Waals surface area contributed by atoms with Gasteiger partial charge in [0, 0.05) is 6.54 Å². The van der Waals surface area contributed by atoms with Crippen LogP contribution in [0.15, 0.2) is 18.2 Å². The Bertz CT molecular complexity index is 485. The molecular formula is C15H20Cl2N2O. The minimum absolute atomic E-state index is 0.0307. The molecule has 2 rings (SSSR count). The Balaban J connectivity index is 1.84. The van der Waals surface area contributed by atoms with Gasteiger partial charge in [-0.2, -0.15) is 0 Å². The fourth-order valence-electron chi connectivity index (χ4n) is 2.42. The number of amides is 1. The molecule has 1 heterocycles. The Kier molecular flexibility index (Phi) is 5.30. The van der Waals surface area contributed by atoms with E-state index in [-0.39, 0.29) is 11.3 Å². The molecule has 5 heteroatoms. The van der Waals surface area contributed by atoms with Gasteiger partial charge < -0.3 is 10.6 Å². The average molecular weight is 315 g/mol. The SMILES string of the molecule is CC1(CNC(=O)Cc2ccc(Cl)c(Cl)c2)CCNCC1. The third-order valence-corrected chi connectivity index (χ3v) is 4.61. The monoisotopic (exact) mass is 314 g/mol. The lowest BCUT2D eigenvalue weighted by atomic mass is 9.81. The highest BCUT2D eigenvalue weighted by Crippen LogP contribution is 2.27. The van der Waals surface area contributed by atoms with E-state index in [1.807, 2.05) is 6.07 Å². The zero-order valence-corrected chi connectivity index (χ0v) is 13.2. The molecule has 0 spiro atoms. The second kappa shape index (κ2) is 6.79. The molecule has 0 radical (unpaired) electrons. The van der Waals surface area contributed by atoms with Crippen molar-refractivity contribution < 1.29 is 4.79 Å². The maximum absolute atomic E-state index is 12.0. The Labute approximate surface area is 130 Å². The number of carbonyl (C=O) groups is 1. The van der Waals surface area contributed by atoms with E-state index in [9.17, 15) is 4.79 Å². The molecule has 3 nitrogen and oxygen atoms in total. The van der Waals surface area contributed by atoms with Crippen molar-refractivity contribution in [2.45, 2.75) is 26.2 Å². The number of benzene rings is 1. The fraction of sp³-hybridized carbons (Fsp3) is 0.533. The van der Waals surface area contributed by atoms with Crippen molar-refractivity contribution >= 4 is 29.1 Å². The van der Waals surface area contributed by atoms with E-state index in [4.69, 9.17) is 23.2 Å². The van der Waals surface area contributed by atoms with Crippen molar-refractivity contribution in [3.05, 3.63) is 33.8 Å². The molecule has 0 aliphatic carbocycles. The summed E-state index contributed by atoms with van der Waals surface area (Å²) in [5.41, 5.74) is 1.09. The van der Waals surface area contributed by atoms with Crippen molar-refractivity contribution in [1.82, 2.24) is 10.6 Å². The van der Waals surface area contributed by atoms with Gasteiger partial charge in [0.2, 0.25) is 5.91 Å². The molecule has 110 valence electrons. The second-order valence-corrected chi connectivity index (χ2v) is 6.58. The Hall–Kier alpha value is -0.770. The van der Waals surface area contributed by atoms with Crippen LogP contribution in [0, 0.1) is 5.41 Å². The van der Waals surface area contributed by atoms with Crippen LogP contribution in [0.2, 0.25) is 10.0 Å². The van der Waals surface area contributed by atoms with Gasteiger partial charge in [0.25, 0.3) is 0 Å². The summed E-state index contributed by atoms with van der Waals surface area (Å²) in [4.78, 5) is 12.0. The summed E-state index contributed by atoms with van der Waals surface area (Å²) in [6, 6.07) is 5.30. The second-order valence-electron chi connectivity index (χ2n) is 5.76. The molecule has 0 unspecified atom stereocenters. The number of carbonyl (C=O) groups excluding carboxylic acids is 1. The molecule has 1 aliphatic rings. The van der Waals surface area contributed by atoms with Gasteiger partial charge in [0.1, 0.15) is 0 Å². The van der Waals surface area contributed by atoms with Crippen LogP contribution in [-0.2, 0) is 11.2 Å². The van der Waals surface area contributed by atoms with Crippen molar-refractivity contribution in [2.24, 2.45) is 5.41 Å². The van der Waals surface area contributed by atoms with E-state index >= 15 is 0 Å². The number of rotatable bonds is 4. The van der Waals surface area contributed by atoms with Crippen LogP contribution in [-0.4, -0.2) is 25.5 Å². The maximum Gasteiger partial charge on any atom is 0.224 e. The largest absolute Gasteiger partial charge is 0.355 e. The molecule has 1 aromatic rings. The first-order valence-electron chi connectivity index (χ1n) is 6.90. The number of hydrogen-bond donors (Lipinski definition) is 2. The molecule has 20 heavy (non-hydrogen) atoms. The van der Waals surface area contributed by atoms with Crippen LogP contribution in [0.5, 0.6) is 0 Å². The summed E-state index contributed by atoms with van der Waals surface area (Å²) in [5.74, 6) is 0.0307. The summed E-state index contributed by atoms with van der Waals surface area (Å²) >= 11 is 11.8. The van der Waals surface area contributed by atoms with Gasteiger partial charge in [0.05, 0.1) is 16.5 Å². The van der Waals surface area contributed by atoms with Crippen LogP contribution in [0.1, 0.15) is 25.3 Å². The van der Waals surface area contributed by atoms with Crippen molar-refractivity contribution in [2.75, 3.05) is 19.6 Å². The van der Waals surface area contributed by atoms with Crippen LogP contribution in [0.4, 0.5) is 0 Å². The van der Waals surface area contributed by atoms with E-state index in [1.165, 1.54) is 0 Å².